The Labute approximate surface area is 502 Å². The highest BCUT2D eigenvalue weighted by Gasteiger charge is 2.64. The smallest absolute Gasteiger partial charge is 0.341 e. The quantitative estimate of drug-likeness (QED) is 0.0214. The monoisotopic (exact) mass is 1210 g/mol. The van der Waals surface area contributed by atoms with Gasteiger partial charge in [0.25, 0.3) is 11.8 Å². The summed E-state index contributed by atoms with van der Waals surface area (Å²) < 4.78 is 80.7. The molecule has 0 radical (unpaired) electrons. The summed E-state index contributed by atoms with van der Waals surface area (Å²) in [6, 6.07) is 24.0. The van der Waals surface area contributed by atoms with Crippen LogP contribution in [0.1, 0.15) is 118 Å². The molecule has 1 saturated carbocycles. The molecule has 4 saturated heterocycles. The van der Waals surface area contributed by atoms with E-state index in [1.165, 1.54) is 56.3 Å². The van der Waals surface area contributed by atoms with E-state index in [4.69, 9.17) is 61.6 Å². The number of nitrogens with zero attached hydrogens (tertiary/aromatic N) is 4. The molecule has 6 aliphatic rings. The summed E-state index contributed by atoms with van der Waals surface area (Å²) >= 11 is 0. The lowest BCUT2D eigenvalue weighted by atomic mass is 9.90. The van der Waals surface area contributed by atoms with Crippen molar-refractivity contribution in [3.05, 3.63) is 153 Å². The molecule has 460 valence electrons. The Morgan fingerprint density at radius 3 is 1.78 bits per heavy atom. The first-order valence-electron chi connectivity index (χ1n) is 28.2. The largest absolute Gasteiger partial charge is 0.463 e. The predicted molar refractivity (Wildman–Crippen MR) is 295 cm³/mol. The van der Waals surface area contributed by atoms with Crippen molar-refractivity contribution in [3.63, 3.8) is 0 Å². The lowest BCUT2D eigenvalue weighted by Gasteiger charge is -2.49. The van der Waals surface area contributed by atoms with E-state index in [0.29, 0.717) is 5.56 Å². The zero-order chi connectivity index (χ0) is 62.6. The third kappa shape index (κ3) is 13.9. The van der Waals surface area contributed by atoms with Crippen LogP contribution in [0.3, 0.4) is 0 Å². The van der Waals surface area contributed by atoms with Gasteiger partial charge in [-0.3, -0.25) is 33.7 Å². The SMILES string of the molecule is CC(=O)OC[C@H]1O[C@@H](O[C@@H]2O[C@H](CC(OC(C)=O)[C@H]3OC(OC(=O)c4ccccc4C#CC4CC4)[C@H](OC(C)=O)[C@@H]3OC(C)=O)[C@H]3OC(C)(C)O[C@@H]3[C@H]2N2C(=O)c3ccccc3C2=O)[C@H](N=[N+]=[N-])[C@@H](OC(=O)c2ccccc2)[C@@H]1OC(=O)c1ccccc1. The maximum atomic E-state index is 14.7. The number of carbonyl (C=O) groups excluding carboxylic acids is 9. The third-order valence-corrected chi connectivity index (χ3v) is 14.9. The molecule has 0 N–H and O–H groups in total. The van der Waals surface area contributed by atoms with Gasteiger partial charge in [0.05, 0.1) is 33.9 Å². The van der Waals surface area contributed by atoms with Crippen LogP contribution in [0.5, 0.6) is 0 Å². The van der Waals surface area contributed by atoms with Crippen LogP contribution in [0.25, 0.3) is 10.4 Å². The van der Waals surface area contributed by atoms with Crippen LogP contribution < -0.4 is 0 Å². The average molecular weight is 1210 g/mol. The lowest BCUT2D eigenvalue weighted by molar-refractivity contribution is -0.342. The normalized spacial score (nSPS) is 28.6. The molecule has 5 fully saturated rings. The summed E-state index contributed by atoms with van der Waals surface area (Å²) in [6.45, 7) is 6.60. The standard InChI is InChI=1S/C62H60N4O22/c1-31(67)76-30-44-48(82-56(73)37-18-9-7-10-19-37)50(83-57(74)38-20-11-8-12-21-38)45(64-65-63)59(81-44)86-60-46(66-54(71)40-23-15-16-24-41(40)55(66)72)51-49(87-62(5,6)88-51)43(80-60)29-42(77-32(2)68)47-52(78-33(3)69)53(79-34(4)70)61(84-47)85-58(75)39-22-14-13-17-36(39)28-27-35-25-26-35/h7-24,35,42-53,59-61H,25-26,29-30H2,1-6H3/t42?,43-,44-,45-,46-,47-,48-,49-,50-,51-,52-,53-,59+,60+,61?/m1/s1. The van der Waals surface area contributed by atoms with E-state index in [2.05, 4.69) is 21.9 Å². The van der Waals surface area contributed by atoms with Crippen molar-refractivity contribution < 1.29 is 105 Å². The van der Waals surface area contributed by atoms with Gasteiger partial charge in [0, 0.05) is 50.5 Å². The minimum atomic E-state index is -2.02. The van der Waals surface area contributed by atoms with Crippen LogP contribution in [0.4, 0.5) is 0 Å². The van der Waals surface area contributed by atoms with Gasteiger partial charge in [-0.15, -0.1) is 0 Å². The van der Waals surface area contributed by atoms with Gasteiger partial charge in [0.15, 0.2) is 36.7 Å². The van der Waals surface area contributed by atoms with E-state index in [0.717, 1.165) is 45.4 Å². The first-order chi connectivity index (χ1) is 42.2. The molecular formula is C62H60N4O22. The maximum absolute atomic E-state index is 14.7. The molecule has 4 aromatic carbocycles. The van der Waals surface area contributed by atoms with Gasteiger partial charge in [-0.1, -0.05) is 77.6 Å². The zero-order valence-electron chi connectivity index (χ0n) is 48.2. The molecule has 0 bridgehead atoms. The first-order valence-corrected chi connectivity index (χ1v) is 28.2. The van der Waals surface area contributed by atoms with Crippen LogP contribution in [0.15, 0.2) is 114 Å². The van der Waals surface area contributed by atoms with Crippen molar-refractivity contribution in [3.8, 4) is 11.8 Å². The fourth-order valence-electron chi connectivity index (χ4n) is 11.1. The molecule has 26 heteroatoms. The Kier molecular flexibility index (Phi) is 18.7. The minimum Gasteiger partial charge on any atom is -0.463 e. The van der Waals surface area contributed by atoms with Crippen LogP contribution in [0, 0.1) is 17.8 Å². The zero-order valence-corrected chi connectivity index (χ0v) is 48.2. The molecule has 0 spiro atoms. The van der Waals surface area contributed by atoms with E-state index in [1.54, 1.807) is 66.7 Å². The van der Waals surface area contributed by atoms with Crippen molar-refractivity contribution in [2.75, 3.05) is 6.61 Å². The Morgan fingerprint density at radius 2 is 1.19 bits per heavy atom. The lowest BCUT2D eigenvalue weighted by Crippen LogP contribution is -2.67. The molecule has 15 atom stereocenters. The summed E-state index contributed by atoms with van der Waals surface area (Å²) in [5, 5.41) is 3.98. The number of esters is 7. The molecule has 1 aliphatic carbocycles. The van der Waals surface area contributed by atoms with E-state index < -0.39 is 164 Å². The van der Waals surface area contributed by atoms with Gasteiger partial charge in [-0.05, 0) is 80.8 Å². The summed E-state index contributed by atoms with van der Waals surface area (Å²) in [7, 11) is 0. The van der Waals surface area contributed by atoms with Crippen LogP contribution in [-0.2, 0) is 80.8 Å². The second-order valence-electron chi connectivity index (χ2n) is 21.8. The molecule has 2 amide bonds. The van der Waals surface area contributed by atoms with Crippen molar-refractivity contribution in [2.24, 2.45) is 11.0 Å². The van der Waals surface area contributed by atoms with Gasteiger partial charge in [0.1, 0.15) is 49.2 Å². The number of hydrogen-bond donors (Lipinski definition) is 0. The van der Waals surface area contributed by atoms with Crippen LogP contribution in [0.2, 0.25) is 0 Å². The highest BCUT2D eigenvalue weighted by molar-refractivity contribution is 6.21. The molecule has 2 unspecified atom stereocenters. The second kappa shape index (κ2) is 26.5. The minimum absolute atomic E-state index is 0.000459. The van der Waals surface area contributed by atoms with E-state index in [-0.39, 0.29) is 33.7 Å². The molecule has 10 rings (SSSR count). The number of ether oxygens (including phenoxy) is 13. The number of imide groups is 1. The van der Waals surface area contributed by atoms with Crippen molar-refractivity contribution >= 4 is 53.6 Å². The Hall–Kier alpha value is -9.06. The second-order valence-corrected chi connectivity index (χ2v) is 21.8. The number of azide groups is 1. The third-order valence-electron chi connectivity index (χ3n) is 14.9. The number of rotatable bonds is 18. The van der Waals surface area contributed by atoms with Gasteiger partial charge in [-0.25, -0.2) is 14.4 Å². The molecule has 5 aliphatic heterocycles. The molecule has 0 aromatic heterocycles. The predicted octanol–water partition coefficient (Wildman–Crippen LogP) is 5.86. The molecule has 5 heterocycles. The number of amides is 2. The number of fused-ring (bicyclic) bond motifs is 2. The molecular weight excluding hydrogens is 1150 g/mol. The molecule has 26 nitrogen and oxygen atoms in total. The topological polar surface area (TPSA) is 326 Å². The first kappa shape index (κ1) is 62.0. The van der Waals surface area contributed by atoms with E-state index in [1.807, 2.05) is 0 Å². The Morgan fingerprint density at radius 1 is 0.625 bits per heavy atom. The van der Waals surface area contributed by atoms with Crippen LogP contribution >= 0.6 is 0 Å². The van der Waals surface area contributed by atoms with E-state index in [9.17, 15) is 48.7 Å². The van der Waals surface area contributed by atoms with E-state index >= 15 is 0 Å². The number of benzene rings is 4. The number of hydrogen-bond acceptors (Lipinski definition) is 23. The highest BCUT2D eigenvalue weighted by atomic mass is 16.8. The van der Waals surface area contributed by atoms with Gasteiger partial charge < -0.3 is 61.6 Å². The fourth-order valence-corrected chi connectivity index (χ4v) is 11.1. The summed E-state index contributed by atoms with van der Waals surface area (Å²) in [6.07, 6.45) is -20.8. The van der Waals surface area contributed by atoms with Crippen molar-refractivity contribution in [2.45, 2.75) is 159 Å². The summed E-state index contributed by atoms with van der Waals surface area (Å²) in [4.78, 5) is 128. The summed E-state index contributed by atoms with van der Waals surface area (Å²) in [5.74, 6) is -3.50. The maximum Gasteiger partial charge on any atom is 0.341 e. The number of carbonyl (C=O) groups is 9. The Bertz CT molecular complexity index is 3440. The fraction of sp³-hybridized carbons (Fsp3) is 0.435. The van der Waals surface area contributed by atoms with Gasteiger partial charge >= 0.3 is 41.8 Å². The van der Waals surface area contributed by atoms with Gasteiger partial charge in [0.2, 0.25) is 12.4 Å². The van der Waals surface area contributed by atoms with Gasteiger partial charge in [-0.2, -0.15) is 0 Å². The molecule has 4 aromatic rings. The molecule has 88 heavy (non-hydrogen) atoms. The highest BCUT2D eigenvalue weighted by Crippen LogP contribution is 2.46. The van der Waals surface area contributed by atoms with Crippen LogP contribution in [-0.4, -0.2) is 163 Å². The Balaban J connectivity index is 1.05. The van der Waals surface area contributed by atoms with Crippen molar-refractivity contribution in [1.82, 2.24) is 4.90 Å². The average Bonchev–Trinajstić information content (AvgIpc) is 1.62. The summed E-state index contributed by atoms with van der Waals surface area (Å²) in [5.41, 5.74) is 10.7. The van der Waals surface area contributed by atoms with Crippen molar-refractivity contribution in [1.29, 1.82) is 0 Å².